The molecule has 0 aromatic carbocycles. The van der Waals surface area contributed by atoms with Crippen molar-refractivity contribution in [2.45, 2.75) is 271 Å². The van der Waals surface area contributed by atoms with E-state index in [9.17, 15) is 14.4 Å². The molecule has 354 valence electrons. The Morgan fingerprint density at radius 2 is 0.590 bits per heavy atom. The SMILES string of the molecule is CCCCCCC/C=C\C/C=C\C/C=C\CCCCCCCCC(=O)OCC(COC(=O)CCCCCCCCC)OC(=O)CCCCCCC/C=C\CCCCCCCC. The summed E-state index contributed by atoms with van der Waals surface area (Å²) in [5.41, 5.74) is 0. The third kappa shape index (κ3) is 48.3. The Bertz CT molecular complexity index is 1070. The Morgan fingerprint density at radius 1 is 0.328 bits per heavy atom. The maximum atomic E-state index is 12.7. The quantitative estimate of drug-likeness (QED) is 0.0263. The second-order valence-corrected chi connectivity index (χ2v) is 17.4. The average Bonchev–Trinajstić information content (AvgIpc) is 3.26. The number of esters is 3. The van der Waals surface area contributed by atoms with Crippen LogP contribution in [0.25, 0.3) is 0 Å². The highest BCUT2D eigenvalue weighted by atomic mass is 16.6. The van der Waals surface area contributed by atoms with E-state index in [1.54, 1.807) is 0 Å². The Labute approximate surface area is 378 Å². The largest absolute Gasteiger partial charge is 0.462 e. The number of hydrogen-bond acceptors (Lipinski definition) is 6. The lowest BCUT2D eigenvalue weighted by molar-refractivity contribution is -0.167. The highest BCUT2D eigenvalue weighted by Crippen LogP contribution is 2.14. The van der Waals surface area contributed by atoms with Crippen molar-refractivity contribution in [1.29, 1.82) is 0 Å². The smallest absolute Gasteiger partial charge is 0.306 e. The Morgan fingerprint density at radius 3 is 0.934 bits per heavy atom. The molecule has 0 aromatic heterocycles. The molecule has 1 unspecified atom stereocenters. The molecule has 0 fully saturated rings. The van der Waals surface area contributed by atoms with Crippen LogP contribution in [0.4, 0.5) is 0 Å². The van der Waals surface area contributed by atoms with Crippen molar-refractivity contribution >= 4 is 17.9 Å². The molecule has 6 heteroatoms. The second-order valence-electron chi connectivity index (χ2n) is 17.4. The Hall–Kier alpha value is -2.63. The third-order valence-corrected chi connectivity index (χ3v) is 11.3. The first-order valence-electron chi connectivity index (χ1n) is 26.1. The van der Waals surface area contributed by atoms with E-state index < -0.39 is 6.10 Å². The van der Waals surface area contributed by atoms with Gasteiger partial charge in [0, 0.05) is 19.3 Å². The van der Waals surface area contributed by atoms with Gasteiger partial charge in [0.15, 0.2) is 6.10 Å². The second kappa shape index (κ2) is 50.0. The lowest BCUT2D eigenvalue weighted by Gasteiger charge is -2.18. The maximum absolute atomic E-state index is 12.7. The van der Waals surface area contributed by atoms with Gasteiger partial charge in [-0.2, -0.15) is 0 Å². The molecule has 0 saturated heterocycles. The van der Waals surface area contributed by atoms with Crippen LogP contribution in [0.2, 0.25) is 0 Å². The zero-order chi connectivity index (χ0) is 44.4. The summed E-state index contributed by atoms with van der Waals surface area (Å²) in [6, 6.07) is 0. The lowest BCUT2D eigenvalue weighted by atomic mass is 10.1. The minimum atomic E-state index is -0.778. The van der Waals surface area contributed by atoms with E-state index in [-0.39, 0.29) is 31.1 Å². The van der Waals surface area contributed by atoms with Gasteiger partial charge < -0.3 is 14.2 Å². The average molecular weight is 855 g/mol. The first-order valence-corrected chi connectivity index (χ1v) is 26.1. The molecule has 6 nitrogen and oxygen atoms in total. The molecule has 0 aromatic rings. The van der Waals surface area contributed by atoms with E-state index in [1.807, 2.05) is 0 Å². The van der Waals surface area contributed by atoms with Gasteiger partial charge in [-0.05, 0) is 83.5 Å². The fourth-order valence-electron chi connectivity index (χ4n) is 7.33. The zero-order valence-corrected chi connectivity index (χ0v) is 40.4. The number of rotatable bonds is 47. The van der Waals surface area contributed by atoms with Crippen molar-refractivity contribution < 1.29 is 28.6 Å². The van der Waals surface area contributed by atoms with Gasteiger partial charge >= 0.3 is 17.9 Å². The van der Waals surface area contributed by atoms with Crippen LogP contribution in [-0.2, 0) is 28.6 Å². The van der Waals surface area contributed by atoms with Crippen LogP contribution in [0.15, 0.2) is 48.6 Å². The van der Waals surface area contributed by atoms with Crippen LogP contribution in [0.3, 0.4) is 0 Å². The summed E-state index contributed by atoms with van der Waals surface area (Å²) >= 11 is 0. The van der Waals surface area contributed by atoms with Gasteiger partial charge in [0.2, 0.25) is 0 Å². The molecule has 0 N–H and O–H groups in total. The molecular formula is C55H98O6. The Kier molecular flexibility index (Phi) is 47.9. The molecule has 0 aliphatic rings. The molecule has 0 heterocycles. The molecule has 0 aliphatic carbocycles. The number of carbonyl (C=O) groups excluding carboxylic acids is 3. The summed E-state index contributed by atoms with van der Waals surface area (Å²) in [6.45, 7) is 6.57. The summed E-state index contributed by atoms with van der Waals surface area (Å²) in [5.74, 6) is -0.902. The van der Waals surface area contributed by atoms with Gasteiger partial charge in [0.25, 0.3) is 0 Å². The lowest BCUT2D eigenvalue weighted by Crippen LogP contribution is -2.30. The summed E-state index contributed by atoms with van der Waals surface area (Å²) in [4.78, 5) is 37.8. The van der Waals surface area contributed by atoms with E-state index in [0.717, 1.165) is 89.9 Å². The molecular weight excluding hydrogens is 757 g/mol. The van der Waals surface area contributed by atoms with E-state index in [4.69, 9.17) is 14.2 Å². The van der Waals surface area contributed by atoms with E-state index in [2.05, 4.69) is 69.4 Å². The molecule has 0 amide bonds. The maximum Gasteiger partial charge on any atom is 0.306 e. The predicted molar refractivity (Wildman–Crippen MR) is 261 cm³/mol. The first-order chi connectivity index (χ1) is 30.0. The zero-order valence-electron chi connectivity index (χ0n) is 40.4. The molecule has 0 aliphatic heterocycles. The molecule has 0 radical (unpaired) electrons. The van der Waals surface area contributed by atoms with Crippen LogP contribution in [0.1, 0.15) is 265 Å². The van der Waals surface area contributed by atoms with Crippen LogP contribution in [-0.4, -0.2) is 37.2 Å². The van der Waals surface area contributed by atoms with Gasteiger partial charge in [-0.15, -0.1) is 0 Å². The monoisotopic (exact) mass is 855 g/mol. The van der Waals surface area contributed by atoms with Gasteiger partial charge in [0.05, 0.1) is 0 Å². The summed E-state index contributed by atoms with van der Waals surface area (Å²) in [6.07, 6.45) is 59.7. The topological polar surface area (TPSA) is 78.9 Å². The first kappa shape index (κ1) is 58.4. The van der Waals surface area contributed by atoms with Crippen molar-refractivity contribution in [3.05, 3.63) is 48.6 Å². The number of unbranched alkanes of at least 4 members (excludes halogenated alkanes) is 28. The van der Waals surface area contributed by atoms with Crippen molar-refractivity contribution in [2.75, 3.05) is 13.2 Å². The van der Waals surface area contributed by atoms with Crippen molar-refractivity contribution in [3.63, 3.8) is 0 Å². The van der Waals surface area contributed by atoms with Crippen LogP contribution < -0.4 is 0 Å². The van der Waals surface area contributed by atoms with E-state index in [1.165, 1.54) is 135 Å². The molecule has 0 saturated carbocycles. The van der Waals surface area contributed by atoms with E-state index in [0.29, 0.717) is 19.3 Å². The molecule has 1 atom stereocenters. The molecule has 61 heavy (non-hydrogen) atoms. The van der Waals surface area contributed by atoms with Crippen LogP contribution >= 0.6 is 0 Å². The summed E-state index contributed by atoms with van der Waals surface area (Å²) in [7, 11) is 0. The van der Waals surface area contributed by atoms with E-state index >= 15 is 0 Å². The van der Waals surface area contributed by atoms with Crippen molar-refractivity contribution in [1.82, 2.24) is 0 Å². The number of hydrogen-bond donors (Lipinski definition) is 0. The third-order valence-electron chi connectivity index (χ3n) is 11.3. The molecule has 0 bridgehead atoms. The fraction of sp³-hybridized carbons (Fsp3) is 0.800. The fourth-order valence-corrected chi connectivity index (χ4v) is 7.33. The molecule has 0 spiro atoms. The van der Waals surface area contributed by atoms with Gasteiger partial charge in [0.1, 0.15) is 13.2 Å². The van der Waals surface area contributed by atoms with Gasteiger partial charge in [-0.1, -0.05) is 211 Å². The number of ether oxygens (including phenoxy) is 3. The minimum absolute atomic E-state index is 0.0798. The van der Waals surface area contributed by atoms with Crippen LogP contribution in [0, 0.1) is 0 Å². The van der Waals surface area contributed by atoms with Gasteiger partial charge in [-0.3, -0.25) is 14.4 Å². The van der Waals surface area contributed by atoms with Gasteiger partial charge in [-0.25, -0.2) is 0 Å². The summed E-state index contributed by atoms with van der Waals surface area (Å²) < 4.78 is 16.7. The number of allylic oxidation sites excluding steroid dienone is 8. The summed E-state index contributed by atoms with van der Waals surface area (Å²) in [5, 5.41) is 0. The molecule has 0 rings (SSSR count). The minimum Gasteiger partial charge on any atom is -0.462 e. The predicted octanol–water partition coefficient (Wildman–Crippen LogP) is 17.1. The number of carbonyl (C=O) groups is 3. The highest BCUT2D eigenvalue weighted by molar-refractivity contribution is 5.71. The normalized spacial score (nSPS) is 12.4. The van der Waals surface area contributed by atoms with Crippen molar-refractivity contribution in [2.24, 2.45) is 0 Å². The van der Waals surface area contributed by atoms with Crippen molar-refractivity contribution in [3.8, 4) is 0 Å². The highest BCUT2D eigenvalue weighted by Gasteiger charge is 2.19. The standard InChI is InChI=1S/C55H98O6/c1-4-7-10-13-16-18-20-22-24-25-26-27-28-29-31-32-34-36-39-42-45-48-54(57)60-51-52(50-59-53(56)47-44-41-38-15-12-9-6-3)61-55(58)49-46-43-40-37-35-33-30-23-21-19-17-14-11-8-5-2/h20,22-23,25-26,28-30,52H,4-19,21,24,27,31-51H2,1-3H3/b22-20-,26-25-,29-28-,30-23-. The Balaban J connectivity index is 4.26. The van der Waals surface area contributed by atoms with Crippen LogP contribution in [0.5, 0.6) is 0 Å².